The Balaban J connectivity index is 1.97. The lowest BCUT2D eigenvalue weighted by Gasteiger charge is -2.16. The normalized spacial score (nSPS) is 12.1. The molecule has 0 saturated heterocycles. The fourth-order valence-electron chi connectivity index (χ4n) is 2.01. The predicted molar refractivity (Wildman–Crippen MR) is 78.0 cm³/mol. The number of aryl methyl sites for hydroxylation is 1. The van der Waals surface area contributed by atoms with Gasteiger partial charge >= 0.3 is 0 Å². The van der Waals surface area contributed by atoms with Gasteiger partial charge in [0.15, 0.2) is 5.13 Å². The molecule has 19 heavy (non-hydrogen) atoms. The summed E-state index contributed by atoms with van der Waals surface area (Å²) in [4.78, 5) is 16.0. The molecule has 0 radical (unpaired) electrons. The molecule has 100 valence electrons. The van der Waals surface area contributed by atoms with Crippen LogP contribution in [-0.2, 0) is 11.2 Å². The summed E-state index contributed by atoms with van der Waals surface area (Å²) in [6.07, 6.45) is 0.268. The minimum Gasteiger partial charge on any atom is -0.375 e. The van der Waals surface area contributed by atoms with Gasteiger partial charge in [-0.2, -0.15) is 0 Å². The van der Waals surface area contributed by atoms with Crippen LogP contribution in [0.25, 0.3) is 0 Å². The van der Waals surface area contributed by atoms with E-state index in [0.717, 1.165) is 11.3 Å². The highest BCUT2D eigenvalue weighted by atomic mass is 32.1. The first-order chi connectivity index (χ1) is 9.06. The molecular formula is C14H17N3OS. The number of benzene rings is 1. The minimum atomic E-state index is -0.0407. The van der Waals surface area contributed by atoms with Gasteiger partial charge in [-0.25, -0.2) is 4.98 Å². The topological polar surface area (TPSA) is 68.0 Å². The van der Waals surface area contributed by atoms with Crippen molar-refractivity contribution < 1.29 is 4.79 Å². The molecule has 2 rings (SSSR count). The Kier molecular flexibility index (Phi) is 4.16. The maximum absolute atomic E-state index is 11.9. The number of aromatic nitrogens is 1. The third-order valence-electron chi connectivity index (χ3n) is 2.94. The summed E-state index contributed by atoms with van der Waals surface area (Å²) < 4.78 is 0. The Morgan fingerprint density at radius 3 is 2.84 bits per heavy atom. The molecule has 0 spiro atoms. The largest absolute Gasteiger partial charge is 0.375 e. The number of nitrogens with two attached hydrogens (primary N) is 1. The number of nitrogens with one attached hydrogen (secondary N) is 1. The zero-order chi connectivity index (χ0) is 13.8. The Labute approximate surface area is 116 Å². The number of thiazole rings is 1. The number of hydrogen-bond acceptors (Lipinski definition) is 4. The van der Waals surface area contributed by atoms with E-state index >= 15 is 0 Å². The summed E-state index contributed by atoms with van der Waals surface area (Å²) in [6, 6.07) is 8.03. The average Bonchev–Trinajstić information content (AvgIpc) is 2.74. The van der Waals surface area contributed by atoms with Gasteiger partial charge in [0, 0.05) is 5.38 Å². The van der Waals surface area contributed by atoms with E-state index in [4.69, 9.17) is 5.73 Å². The number of nitrogens with zero attached hydrogens (tertiary/aromatic N) is 1. The molecule has 0 aliphatic carbocycles. The van der Waals surface area contributed by atoms with E-state index in [-0.39, 0.29) is 18.4 Å². The molecule has 1 aromatic heterocycles. The molecule has 0 aliphatic heterocycles. The van der Waals surface area contributed by atoms with Crippen LogP contribution in [0.4, 0.5) is 5.13 Å². The molecule has 4 nitrogen and oxygen atoms in total. The van der Waals surface area contributed by atoms with Crippen LogP contribution in [0.5, 0.6) is 0 Å². The molecule has 1 heterocycles. The van der Waals surface area contributed by atoms with Crippen molar-refractivity contribution in [3.8, 4) is 0 Å². The summed E-state index contributed by atoms with van der Waals surface area (Å²) in [5, 5.41) is 5.29. The second-order valence-electron chi connectivity index (χ2n) is 4.50. The van der Waals surface area contributed by atoms with Crippen LogP contribution in [0.2, 0.25) is 0 Å². The van der Waals surface area contributed by atoms with Crippen LogP contribution >= 0.6 is 11.3 Å². The summed E-state index contributed by atoms with van der Waals surface area (Å²) in [6.45, 7) is 4.02. The fraction of sp³-hybridized carbons (Fsp3) is 0.286. The minimum absolute atomic E-state index is 0.00955. The van der Waals surface area contributed by atoms with Gasteiger partial charge in [0.1, 0.15) is 0 Å². The van der Waals surface area contributed by atoms with Gasteiger partial charge in [0.05, 0.1) is 18.2 Å². The van der Waals surface area contributed by atoms with Crippen LogP contribution in [0.15, 0.2) is 29.6 Å². The van der Waals surface area contributed by atoms with Crippen LogP contribution in [0.3, 0.4) is 0 Å². The number of rotatable bonds is 4. The first-order valence-electron chi connectivity index (χ1n) is 6.11. The van der Waals surface area contributed by atoms with Crippen LogP contribution in [0.1, 0.15) is 29.8 Å². The quantitative estimate of drug-likeness (QED) is 0.900. The van der Waals surface area contributed by atoms with E-state index in [1.54, 1.807) is 0 Å². The van der Waals surface area contributed by atoms with Crippen LogP contribution in [0, 0.1) is 6.92 Å². The Hall–Kier alpha value is -1.88. The maximum atomic E-state index is 11.9. The van der Waals surface area contributed by atoms with Gasteiger partial charge in [0.25, 0.3) is 0 Å². The molecule has 0 unspecified atom stereocenters. The smallest absolute Gasteiger partial charge is 0.226 e. The number of amides is 1. The van der Waals surface area contributed by atoms with Gasteiger partial charge in [-0.15, -0.1) is 11.3 Å². The van der Waals surface area contributed by atoms with Gasteiger partial charge < -0.3 is 11.1 Å². The van der Waals surface area contributed by atoms with E-state index in [2.05, 4.69) is 10.3 Å². The van der Waals surface area contributed by atoms with Gasteiger partial charge in [-0.1, -0.05) is 24.3 Å². The lowest BCUT2D eigenvalue weighted by Crippen LogP contribution is -2.28. The van der Waals surface area contributed by atoms with E-state index in [1.807, 2.05) is 43.5 Å². The van der Waals surface area contributed by atoms with Crippen molar-refractivity contribution in [1.29, 1.82) is 0 Å². The highest BCUT2D eigenvalue weighted by Gasteiger charge is 2.12. The van der Waals surface area contributed by atoms with Crippen molar-refractivity contribution in [3.63, 3.8) is 0 Å². The molecule has 1 aromatic carbocycles. The van der Waals surface area contributed by atoms with Crippen molar-refractivity contribution in [2.75, 3.05) is 5.73 Å². The zero-order valence-electron chi connectivity index (χ0n) is 11.0. The number of carbonyl (C=O) groups excluding carboxylic acids is 1. The second-order valence-corrected chi connectivity index (χ2v) is 5.39. The Bertz CT molecular complexity index is 580. The monoisotopic (exact) mass is 275 g/mol. The van der Waals surface area contributed by atoms with Crippen molar-refractivity contribution in [1.82, 2.24) is 10.3 Å². The summed E-state index contributed by atoms with van der Waals surface area (Å²) in [5.74, 6) is -0.0407. The third kappa shape index (κ3) is 3.54. The molecule has 5 heteroatoms. The van der Waals surface area contributed by atoms with Crippen molar-refractivity contribution in [2.45, 2.75) is 26.3 Å². The highest BCUT2D eigenvalue weighted by molar-refractivity contribution is 7.13. The van der Waals surface area contributed by atoms with Gasteiger partial charge in [-0.3, -0.25) is 4.79 Å². The average molecular weight is 275 g/mol. The van der Waals surface area contributed by atoms with Crippen molar-refractivity contribution in [2.24, 2.45) is 0 Å². The summed E-state index contributed by atoms with van der Waals surface area (Å²) in [5.41, 5.74) is 8.57. The van der Waals surface area contributed by atoms with Crippen LogP contribution in [-0.4, -0.2) is 10.9 Å². The molecule has 1 amide bonds. The van der Waals surface area contributed by atoms with E-state index in [1.165, 1.54) is 16.9 Å². The first kappa shape index (κ1) is 13.5. The Morgan fingerprint density at radius 2 is 2.21 bits per heavy atom. The van der Waals surface area contributed by atoms with E-state index in [9.17, 15) is 4.79 Å². The second kappa shape index (κ2) is 5.84. The maximum Gasteiger partial charge on any atom is 0.226 e. The molecule has 0 saturated carbocycles. The molecule has 2 aromatic rings. The molecule has 1 atom stereocenters. The molecule has 0 aliphatic rings. The third-order valence-corrected chi connectivity index (χ3v) is 3.67. The number of anilines is 1. The number of hydrogen-bond donors (Lipinski definition) is 2. The van der Waals surface area contributed by atoms with Gasteiger partial charge in [0.2, 0.25) is 5.91 Å². The van der Waals surface area contributed by atoms with Crippen molar-refractivity contribution in [3.05, 3.63) is 46.5 Å². The van der Waals surface area contributed by atoms with Crippen molar-refractivity contribution >= 4 is 22.4 Å². The van der Waals surface area contributed by atoms with E-state index < -0.39 is 0 Å². The molecule has 0 fully saturated rings. The molecule has 3 N–H and O–H groups in total. The molecule has 0 bridgehead atoms. The standard InChI is InChI=1S/C14H17N3OS/c1-9-5-3-4-6-12(9)10(2)16-13(18)7-11-8-19-14(15)17-11/h3-6,8,10H,7H2,1-2H3,(H2,15,17)(H,16,18)/t10-/m0/s1. The Morgan fingerprint density at radius 1 is 1.47 bits per heavy atom. The summed E-state index contributed by atoms with van der Waals surface area (Å²) in [7, 11) is 0. The number of carbonyl (C=O) groups is 1. The SMILES string of the molecule is Cc1ccccc1[C@H](C)NC(=O)Cc1csc(N)n1. The lowest BCUT2D eigenvalue weighted by atomic mass is 10.0. The fourth-order valence-corrected chi connectivity index (χ4v) is 2.57. The van der Waals surface area contributed by atoms with E-state index in [0.29, 0.717) is 5.13 Å². The number of nitrogen functional groups attached to an aromatic ring is 1. The first-order valence-corrected chi connectivity index (χ1v) is 6.99. The molecular weight excluding hydrogens is 258 g/mol. The highest BCUT2D eigenvalue weighted by Crippen LogP contribution is 2.17. The van der Waals surface area contributed by atoms with Crippen LogP contribution < -0.4 is 11.1 Å². The predicted octanol–water partition coefficient (Wildman–Crippen LogP) is 2.45. The zero-order valence-corrected chi connectivity index (χ0v) is 11.8. The summed E-state index contributed by atoms with van der Waals surface area (Å²) >= 11 is 1.35. The lowest BCUT2D eigenvalue weighted by molar-refractivity contribution is -0.121. The van der Waals surface area contributed by atoms with Gasteiger partial charge in [-0.05, 0) is 25.0 Å².